The van der Waals surface area contributed by atoms with Gasteiger partial charge in [-0.2, -0.15) is 10.4 Å². The van der Waals surface area contributed by atoms with Crippen LogP contribution in [-0.4, -0.2) is 19.9 Å². The van der Waals surface area contributed by atoms with Crippen LogP contribution in [0.25, 0.3) is 16.9 Å². The molecule has 0 aliphatic carbocycles. The van der Waals surface area contributed by atoms with Gasteiger partial charge in [-0.05, 0) is 16.7 Å². The lowest BCUT2D eigenvalue weighted by Crippen LogP contribution is -2.20. The number of rotatable bonds is 6. The van der Waals surface area contributed by atoms with E-state index in [-0.39, 0.29) is 11.0 Å². The lowest BCUT2D eigenvalue weighted by atomic mass is 10.0. The zero-order valence-corrected chi connectivity index (χ0v) is 16.0. The van der Waals surface area contributed by atoms with Crippen LogP contribution in [-0.2, 0) is 6.54 Å². The molecule has 7 nitrogen and oxygen atoms in total. The molecule has 0 bridgehead atoms. The fourth-order valence-corrected chi connectivity index (χ4v) is 3.07. The van der Waals surface area contributed by atoms with Crippen LogP contribution in [0.4, 0.5) is 0 Å². The molecule has 0 saturated heterocycles. The third-order valence-electron chi connectivity index (χ3n) is 4.74. The first-order valence-electron chi connectivity index (χ1n) is 9.37. The van der Waals surface area contributed by atoms with E-state index in [4.69, 9.17) is 5.26 Å². The number of aromatic amines is 1. The molecular formula is C23H19N5O2. The van der Waals surface area contributed by atoms with E-state index in [2.05, 4.69) is 39.7 Å². The fraction of sp³-hybridized carbons (Fsp3) is 0.0870. The molecule has 0 radical (unpaired) electrons. The minimum atomic E-state index is -0.919. The zero-order chi connectivity index (χ0) is 20.9. The summed E-state index contributed by atoms with van der Waals surface area (Å²) >= 11 is 0. The van der Waals surface area contributed by atoms with Crippen molar-refractivity contribution < 1.29 is 5.11 Å². The van der Waals surface area contributed by atoms with Crippen molar-refractivity contribution in [2.75, 3.05) is 0 Å². The first-order valence-corrected chi connectivity index (χ1v) is 9.37. The highest BCUT2D eigenvalue weighted by Crippen LogP contribution is 2.19. The summed E-state index contributed by atoms with van der Waals surface area (Å²) in [6, 6.07) is 21.4. The zero-order valence-electron chi connectivity index (χ0n) is 16.0. The van der Waals surface area contributed by atoms with E-state index in [1.54, 1.807) is 6.20 Å². The van der Waals surface area contributed by atoms with E-state index in [0.29, 0.717) is 17.9 Å². The Hall–Kier alpha value is -3.99. The van der Waals surface area contributed by atoms with Gasteiger partial charge in [-0.3, -0.25) is 10.1 Å². The van der Waals surface area contributed by atoms with Crippen LogP contribution in [0.15, 0.2) is 84.0 Å². The highest BCUT2D eigenvalue weighted by atomic mass is 16.3. The smallest absolute Gasteiger partial charge is 0.201 e. The van der Waals surface area contributed by atoms with Gasteiger partial charge < -0.3 is 10.1 Å². The van der Waals surface area contributed by atoms with E-state index < -0.39 is 6.23 Å². The van der Waals surface area contributed by atoms with E-state index >= 15 is 0 Å². The molecule has 0 aliphatic heterocycles. The number of hydrogen-bond acceptors (Lipinski definition) is 5. The van der Waals surface area contributed by atoms with Gasteiger partial charge in [-0.15, -0.1) is 0 Å². The molecule has 0 spiro atoms. The molecule has 2 aromatic heterocycles. The van der Waals surface area contributed by atoms with Gasteiger partial charge in [-0.1, -0.05) is 54.6 Å². The maximum absolute atomic E-state index is 11.8. The standard InChI is InChI=1S/C23H19N5O2/c24-11-19-13-25-22(10-21(19)29)28-15-20(14-27-28)23(30)26-12-16-6-8-18(9-7-16)17-4-2-1-3-5-17/h1-10,13-15,23,26,30H,12H2,(H,25,29). The van der Waals surface area contributed by atoms with Gasteiger partial charge in [0.2, 0.25) is 5.43 Å². The Bertz CT molecular complexity index is 1240. The van der Waals surface area contributed by atoms with Crippen molar-refractivity contribution in [2.24, 2.45) is 0 Å². The van der Waals surface area contributed by atoms with Crippen LogP contribution in [0.3, 0.4) is 0 Å². The first-order chi connectivity index (χ1) is 14.6. The summed E-state index contributed by atoms with van der Waals surface area (Å²) in [5.74, 6) is 0.411. The second kappa shape index (κ2) is 8.57. The topological polar surface area (TPSA) is 107 Å². The molecule has 3 N–H and O–H groups in total. The summed E-state index contributed by atoms with van der Waals surface area (Å²) in [5.41, 5.74) is 3.54. The van der Waals surface area contributed by atoms with Gasteiger partial charge >= 0.3 is 0 Å². The highest BCUT2D eigenvalue weighted by molar-refractivity contribution is 5.63. The Labute approximate surface area is 172 Å². The van der Waals surface area contributed by atoms with Crippen molar-refractivity contribution in [3.05, 3.63) is 106 Å². The lowest BCUT2D eigenvalue weighted by Gasteiger charge is -2.11. The first kappa shape index (κ1) is 19.3. The van der Waals surface area contributed by atoms with Gasteiger partial charge in [0.05, 0.1) is 6.20 Å². The number of H-pyrrole nitrogens is 1. The number of nitrogens with one attached hydrogen (secondary N) is 2. The fourth-order valence-electron chi connectivity index (χ4n) is 3.07. The summed E-state index contributed by atoms with van der Waals surface area (Å²) in [6.07, 6.45) is 3.56. The Kier molecular flexibility index (Phi) is 5.52. The van der Waals surface area contributed by atoms with Crippen LogP contribution in [0.5, 0.6) is 0 Å². The van der Waals surface area contributed by atoms with Crippen molar-refractivity contribution in [1.82, 2.24) is 20.1 Å². The minimum Gasteiger partial charge on any atom is -0.374 e. The molecule has 4 rings (SSSR count). The van der Waals surface area contributed by atoms with Crippen LogP contribution in [0.2, 0.25) is 0 Å². The number of aromatic nitrogens is 3. The quantitative estimate of drug-likeness (QED) is 0.434. The third-order valence-corrected chi connectivity index (χ3v) is 4.74. The minimum absolute atomic E-state index is 0.0334. The van der Waals surface area contributed by atoms with Crippen LogP contribution < -0.4 is 10.7 Å². The average molecular weight is 397 g/mol. The van der Waals surface area contributed by atoms with E-state index in [9.17, 15) is 9.90 Å². The highest BCUT2D eigenvalue weighted by Gasteiger charge is 2.11. The summed E-state index contributed by atoms with van der Waals surface area (Å²) < 4.78 is 1.44. The molecule has 7 heteroatoms. The molecule has 0 saturated carbocycles. The lowest BCUT2D eigenvalue weighted by molar-refractivity contribution is 0.137. The summed E-state index contributed by atoms with van der Waals surface area (Å²) in [4.78, 5) is 14.7. The molecule has 148 valence electrons. The Morgan fingerprint density at radius 1 is 1.13 bits per heavy atom. The molecule has 0 fully saturated rings. The number of pyridine rings is 1. The SMILES string of the molecule is N#Cc1c[nH]c(-n2cc(C(O)NCc3ccc(-c4ccccc4)cc3)cn2)cc1=O. The van der Waals surface area contributed by atoms with Gasteiger partial charge in [-0.25, -0.2) is 4.68 Å². The molecule has 4 aromatic rings. The van der Waals surface area contributed by atoms with Crippen molar-refractivity contribution in [3.8, 4) is 23.0 Å². The summed E-state index contributed by atoms with van der Waals surface area (Å²) in [5, 5.41) is 26.5. The molecule has 30 heavy (non-hydrogen) atoms. The van der Waals surface area contributed by atoms with Gasteiger partial charge in [0.25, 0.3) is 0 Å². The average Bonchev–Trinajstić information content (AvgIpc) is 3.29. The summed E-state index contributed by atoms with van der Waals surface area (Å²) in [6.45, 7) is 0.481. The number of aliphatic hydroxyl groups excluding tert-OH is 1. The van der Waals surface area contributed by atoms with Crippen LogP contribution >= 0.6 is 0 Å². The molecule has 0 amide bonds. The van der Waals surface area contributed by atoms with E-state index in [1.165, 1.54) is 23.1 Å². The number of aliphatic hydroxyl groups is 1. The monoisotopic (exact) mass is 397 g/mol. The molecule has 2 aromatic carbocycles. The summed E-state index contributed by atoms with van der Waals surface area (Å²) in [7, 11) is 0. The van der Waals surface area contributed by atoms with Gasteiger partial charge in [0, 0.05) is 30.6 Å². The number of nitriles is 1. The Balaban J connectivity index is 1.40. The Morgan fingerprint density at radius 3 is 2.57 bits per heavy atom. The predicted molar refractivity (Wildman–Crippen MR) is 113 cm³/mol. The third kappa shape index (κ3) is 4.20. The van der Waals surface area contributed by atoms with Crippen molar-refractivity contribution >= 4 is 0 Å². The van der Waals surface area contributed by atoms with E-state index in [0.717, 1.165) is 16.7 Å². The second-order valence-electron chi connectivity index (χ2n) is 6.77. The molecular weight excluding hydrogens is 378 g/mol. The van der Waals surface area contributed by atoms with E-state index in [1.807, 2.05) is 36.4 Å². The normalized spacial score (nSPS) is 11.7. The van der Waals surface area contributed by atoms with Crippen molar-refractivity contribution in [2.45, 2.75) is 12.8 Å². The molecule has 2 heterocycles. The number of nitrogens with zero attached hydrogens (tertiary/aromatic N) is 3. The molecule has 1 atom stereocenters. The maximum atomic E-state index is 11.8. The Morgan fingerprint density at radius 2 is 1.87 bits per heavy atom. The largest absolute Gasteiger partial charge is 0.374 e. The number of benzene rings is 2. The van der Waals surface area contributed by atoms with Crippen molar-refractivity contribution in [1.29, 1.82) is 5.26 Å². The molecule has 0 aliphatic rings. The van der Waals surface area contributed by atoms with Crippen molar-refractivity contribution in [3.63, 3.8) is 0 Å². The molecule has 1 unspecified atom stereocenters. The predicted octanol–water partition coefficient (Wildman–Crippen LogP) is 2.88. The van der Waals surface area contributed by atoms with Gasteiger partial charge in [0.15, 0.2) is 0 Å². The van der Waals surface area contributed by atoms with Crippen LogP contribution in [0.1, 0.15) is 22.9 Å². The van der Waals surface area contributed by atoms with Gasteiger partial charge in [0.1, 0.15) is 23.7 Å². The maximum Gasteiger partial charge on any atom is 0.201 e. The van der Waals surface area contributed by atoms with Crippen LogP contribution in [0, 0.1) is 11.3 Å². The number of hydrogen-bond donors (Lipinski definition) is 3. The second-order valence-corrected chi connectivity index (χ2v) is 6.77.